The maximum atomic E-state index is 5.98. The summed E-state index contributed by atoms with van der Waals surface area (Å²) in [6.45, 7) is 2.06. The zero-order valence-electron chi connectivity index (χ0n) is 11.9. The molecule has 0 fully saturated rings. The largest absolute Gasteiger partial charge is 0.497 e. The van der Waals surface area contributed by atoms with Gasteiger partial charge in [0.15, 0.2) is 5.82 Å². The van der Waals surface area contributed by atoms with Crippen LogP contribution >= 0.6 is 0 Å². The van der Waals surface area contributed by atoms with E-state index in [-0.39, 0.29) is 6.04 Å². The SMILES string of the molecule is CCCC(N)c1noc(-c2ccc(OC)cc2OC)n1. The quantitative estimate of drug-likeness (QED) is 0.873. The van der Waals surface area contributed by atoms with Gasteiger partial charge in [0, 0.05) is 6.07 Å². The summed E-state index contributed by atoms with van der Waals surface area (Å²) in [6.07, 6.45) is 1.79. The van der Waals surface area contributed by atoms with E-state index in [2.05, 4.69) is 17.1 Å². The van der Waals surface area contributed by atoms with Gasteiger partial charge in [-0.05, 0) is 18.6 Å². The van der Waals surface area contributed by atoms with E-state index in [4.69, 9.17) is 19.7 Å². The van der Waals surface area contributed by atoms with E-state index in [1.165, 1.54) is 0 Å². The number of nitrogens with zero attached hydrogens (tertiary/aromatic N) is 2. The number of aromatic nitrogens is 2. The van der Waals surface area contributed by atoms with Gasteiger partial charge in [-0.25, -0.2) is 0 Å². The number of methoxy groups -OCH3 is 2. The second kappa shape index (κ2) is 6.38. The van der Waals surface area contributed by atoms with Crippen LogP contribution in [0.5, 0.6) is 11.5 Å². The standard InChI is InChI=1S/C14H19N3O3/c1-4-5-11(15)13-16-14(20-17-13)10-7-6-9(18-2)8-12(10)19-3/h6-8,11H,4-5,15H2,1-3H3. The first-order chi connectivity index (χ1) is 9.69. The van der Waals surface area contributed by atoms with Crippen LogP contribution in [-0.4, -0.2) is 24.4 Å². The summed E-state index contributed by atoms with van der Waals surface area (Å²) in [6, 6.07) is 5.20. The van der Waals surface area contributed by atoms with Crippen LogP contribution in [0.3, 0.4) is 0 Å². The van der Waals surface area contributed by atoms with Gasteiger partial charge in [0.1, 0.15) is 11.5 Å². The first-order valence-corrected chi connectivity index (χ1v) is 6.51. The summed E-state index contributed by atoms with van der Waals surface area (Å²) < 4.78 is 15.7. The number of ether oxygens (including phenoxy) is 2. The van der Waals surface area contributed by atoms with Crippen molar-refractivity contribution in [3.8, 4) is 23.0 Å². The number of hydrogen-bond donors (Lipinski definition) is 1. The third kappa shape index (κ3) is 2.91. The molecule has 0 saturated carbocycles. The van der Waals surface area contributed by atoms with E-state index in [0.717, 1.165) is 18.4 Å². The van der Waals surface area contributed by atoms with Gasteiger partial charge in [0.05, 0.1) is 25.8 Å². The normalized spacial score (nSPS) is 12.2. The van der Waals surface area contributed by atoms with Gasteiger partial charge >= 0.3 is 0 Å². The number of rotatable bonds is 6. The molecule has 0 radical (unpaired) electrons. The second-order valence-corrected chi connectivity index (χ2v) is 4.42. The van der Waals surface area contributed by atoms with Crippen molar-refractivity contribution in [2.75, 3.05) is 14.2 Å². The van der Waals surface area contributed by atoms with Crippen molar-refractivity contribution >= 4 is 0 Å². The van der Waals surface area contributed by atoms with E-state index >= 15 is 0 Å². The first-order valence-electron chi connectivity index (χ1n) is 6.51. The second-order valence-electron chi connectivity index (χ2n) is 4.42. The molecule has 0 spiro atoms. The van der Waals surface area contributed by atoms with Crippen LogP contribution < -0.4 is 15.2 Å². The summed E-state index contributed by atoms with van der Waals surface area (Å²) in [5.41, 5.74) is 6.70. The lowest BCUT2D eigenvalue weighted by Gasteiger charge is -2.07. The zero-order valence-corrected chi connectivity index (χ0v) is 11.9. The topological polar surface area (TPSA) is 83.4 Å². The van der Waals surface area contributed by atoms with Crippen LogP contribution in [0.1, 0.15) is 31.6 Å². The maximum Gasteiger partial charge on any atom is 0.261 e. The lowest BCUT2D eigenvalue weighted by atomic mass is 10.1. The smallest absolute Gasteiger partial charge is 0.261 e. The Morgan fingerprint density at radius 2 is 2.10 bits per heavy atom. The van der Waals surface area contributed by atoms with Crippen molar-refractivity contribution in [3.05, 3.63) is 24.0 Å². The minimum Gasteiger partial charge on any atom is -0.497 e. The molecule has 1 unspecified atom stereocenters. The Hall–Kier alpha value is -2.08. The number of hydrogen-bond acceptors (Lipinski definition) is 6. The highest BCUT2D eigenvalue weighted by molar-refractivity contribution is 5.64. The van der Waals surface area contributed by atoms with Crippen LogP contribution in [0.15, 0.2) is 22.7 Å². The number of nitrogens with two attached hydrogens (primary N) is 1. The Balaban J connectivity index is 2.32. The molecule has 20 heavy (non-hydrogen) atoms. The fraction of sp³-hybridized carbons (Fsp3) is 0.429. The monoisotopic (exact) mass is 277 g/mol. The van der Waals surface area contributed by atoms with Crippen molar-refractivity contribution < 1.29 is 14.0 Å². The van der Waals surface area contributed by atoms with Gasteiger partial charge in [-0.3, -0.25) is 0 Å². The minimum atomic E-state index is -0.207. The molecule has 0 amide bonds. The molecular weight excluding hydrogens is 258 g/mol. The third-order valence-corrected chi connectivity index (χ3v) is 3.01. The molecule has 1 heterocycles. The summed E-state index contributed by atoms with van der Waals surface area (Å²) >= 11 is 0. The number of benzene rings is 1. The molecular formula is C14H19N3O3. The van der Waals surface area contributed by atoms with Crippen molar-refractivity contribution in [2.45, 2.75) is 25.8 Å². The van der Waals surface area contributed by atoms with Crippen molar-refractivity contribution in [1.29, 1.82) is 0 Å². The Bertz CT molecular complexity index is 569. The fourth-order valence-electron chi connectivity index (χ4n) is 1.91. The van der Waals surface area contributed by atoms with E-state index in [1.54, 1.807) is 20.3 Å². The molecule has 6 nitrogen and oxygen atoms in total. The molecule has 0 saturated heterocycles. The summed E-state index contributed by atoms with van der Waals surface area (Å²) in [4.78, 5) is 4.34. The Kier molecular flexibility index (Phi) is 4.57. The van der Waals surface area contributed by atoms with Gasteiger partial charge in [0.25, 0.3) is 5.89 Å². The predicted octanol–water partition coefficient (Wildman–Crippen LogP) is 2.55. The highest BCUT2D eigenvalue weighted by atomic mass is 16.5. The first kappa shape index (κ1) is 14.3. The van der Waals surface area contributed by atoms with Crippen LogP contribution in [0.25, 0.3) is 11.5 Å². The molecule has 1 atom stereocenters. The molecule has 0 bridgehead atoms. The average Bonchev–Trinajstić information content (AvgIpc) is 2.96. The Labute approximate surface area is 117 Å². The molecule has 0 aliphatic carbocycles. The minimum absolute atomic E-state index is 0.207. The van der Waals surface area contributed by atoms with E-state index < -0.39 is 0 Å². The predicted molar refractivity (Wildman–Crippen MR) is 74.7 cm³/mol. The average molecular weight is 277 g/mol. The summed E-state index contributed by atoms with van der Waals surface area (Å²) in [7, 11) is 3.18. The van der Waals surface area contributed by atoms with Gasteiger partial charge in [-0.15, -0.1) is 0 Å². The van der Waals surface area contributed by atoms with Gasteiger partial charge in [-0.1, -0.05) is 18.5 Å². The van der Waals surface area contributed by atoms with Crippen molar-refractivity contribution in [2.24, 2.45) is 5.73 Å². The molecule has 6 heteroatoms. The Morgan fingerprint density at radius 1 is 1.30 bits per heavy atom. The van der Waals surface area contributed by atoms with E-state index in [9.17, 15) is 0 Å². The molecule has 1 aromatic heterocycles. The Morgan fingerprint density at radius 3 is 2.75 bits per heavy atom. The highest BCUT2D eigenvalue weighted by Gasteiger charge is 2.17. The maximum absolute atomic E-state index is 5.98. The molecule has 0 aliphatic heterocycles. The summed E-state index contributed by atoms with van der Waals surface area (Å²) in [5.74, 6) is 2.22. The van der Waals surface area contributed by atoms with Gasteiger partial charge in [-0.2, -0.15) is 4.98 Å². The zero-order chi connectivity index (χ0) is 14.5. The fourth-order valence-corrected chi connectivity index (χ4v) is 1.91. The van der Waals surface area contributed by atoms with Gasteiger partial charge in [0.2, 0.25) is 0 Å². The molecule has 2 N–H and O–H groups in total. The van der Waals surface area contributed by atoms with Crippen molar-refractivity contribution in [1.82, 2.24) is 10.1 Å². The third-order valence-electron chi connectivity index (χ3n) is 3.01. The van der Waals surface area contributed by atoms with E-state index in [1.807, 2.05) is 12.1 Å². The molecule has 108 valence electrons. The van der Waals surface area contributed by atoms with E-state index in [0.29, 0.717) is 23.2 Å². The lowest BCUT2D eigenvalue weighted by Crippen LogP contribution is -2.11. The van der Waals surface area contributed by atoms with Gasteiger partial charge < -0.3 is 19.7 Å². The molecule has 0 aliphatic rings. The highest BCUT2D eigenvalue weighted by Crippen LogP contribution is 2.32. The van der Waals surface area contributed by atoms with Crippen LogP contribution in [0.2, 0.25) is 0 Å². The molecule has 2 aromatic rings. The lowest BCUT2D eigenvalue weighted by molar-refractivity contribution is 0.389. The summed E-state index contributed by atoms with van der Waals surface area (Å²) in [5, 5.41) is 3.93. The van der Waals surface area contributed by atoms with Crippen molar-refractivity contribution in [3.63, 3.8) is 0 Å². The van der Waals surface area contributed by atoms with Crippen LogP contribution in [0.4, 0.5) is 0 Å². The van der Waals surface area contributed by atoms with Crippen LogP contribution in [-0.2, 0) is 0 Å². The van der Waals surface area contributed by atoms with Crippen LogP contribution in [0, 0.1) is 0 Å². The molecule has 1 aromatic carbocycles. The molecule has 2 rings (SSSR count).